The fraction of sp³-hybridized carbons (Fsp3) is 0.333. The minimum Gasteiger partial charge on any atom is -0.385 e. The van der Waals surface area contributed by atoms with Crippen LogP contribution in [-0.4, -0.2) is 5.11 Å². The van der Waals surface area contributed by atoms with Crippen LogP contribution in [0.2, 0.25) is 0 Å². The van der Waals surface area contributed by atoms with Crippen LogP contribution < -0.4 is 0 Å². The Morgan fingerprint density at radius 2 is 2.07 bits per heavy atom. The lowest BCUT2D eigenvalue weighted by molar-refractivity contribution is 0.0550. The number of aliphatic hydroxyl groups is 1. The molecule has 2 rings (SSSR count). The summed E-state index contributed by atoms with van der Waals surface area (Å²) < 4.78 is 1.25. The lowest BCUT2D eigenvalue weighted by atomic mass is 9.93. The second-order valence-corrected chi connectivity index (χ2v) is 4.68. The van der Waals surface area contributed by atoms with E-state index in [4.69, 9.17) is 0 Å². The van der Waals surface area contributed by atoms with Crippen molar-refractivity contribution in [2.45, 2.75) is 25.9 Å². The Morgan fingerprint density at radius 3 is 2.79 bits per heavy atom. The first-order chi connectivity index (χ1) is 6.65. The summed E-state index contributed by atoms with van der Waals surface area (Å²) in [6.45, 7) is 3.88. The first-order valence-electron chi connectivity index (χ1n) is 4.84. The second kappa shape index (κ2) is 3.37. The summed E-state index contributed by atoms with van der Waals surface area (Å²) in [5.74, 6) is 0. The third-order valence-corrected chi connectivity index (χ3v) is 3.71. The van der Waals surface area contributed by atoms with Gasteiger partial charge < -0.3 is 5.11 Å². The summed E-state index contributed by atoms with van der Waals surface area (Å²) in [7, 11) is 0. The van der Waals surface area contributed by atoms with Gasteiger partial charge in [0, 0.05) is 10.3 Å². The van der Waals surface area contributed by atoms with Gasteiger partial charge in [-0.3, -0.25) is 0 Å². The van der Waals surface area contributed by atoms with Gasteiger partial charge >= 0.3 is 0 Å². The molecule has 1 aromatic carbocycles. The molecule has 74 valence electrons. The minimum absolute atomic E-state index is 0.695. The zero-order chi connectivity index (χ0) is 10.2. The zero-order valence-corrected chi connectivity index (χ0v) is 9.27. The van der Waals surface area contributed by atoms with Crippen molar-refractivity contribution in [3.8, 4) is 0 Å². The van der Waals surface area contributed by atoms with Crippen molar-refractivity contribution < 1.29 is 5.11 Å². The van der Waals surface area contributed by atoms with E-state index in [2.05, 4.69) is 17.5 Å². The van der Waals surface area contributed by atoms with Crippen molar-refractivity contribution in [1.29, 1.82) is 0 Å². The third kappa shape index (κ3) is 1.45. The molecule has 1 atom stereocenters. The molecule has 0 saturated carbocycles. The summed E-state index contributed by atoms with van der Waals surface area (Å²) >= 11 is 1.70. The molecular formula is C12H14OS. The molecule has 1 nitrogen and oxygen atoms in total. The van der Waals surface area contributed by atoms with Crippen LogP contribution in [0.15, 0.2) is 29.6 Å². The minimum atomic E-state index is -0.695. The van der Waals surface area contributed by atoms with E-state index < -0.39 is 5.60 Å². The van der Waals surface area contributed by atoms with Gasteiger partial charge in [-0.2, -0.15) is 0 Å². The number of fused-ring (bicyclic) bond motifs is 1. The lowest BCUT2D eigenvalue weighted by Crippen LogP contribution is -2.18. The monoisotopic (exact) mass is 206 g/mol. The summed E-state index contributed by atoms with van der Waals surface area (Å²) in [4.78, 5) is 0. The van der Waals surface area contributed by atoms with Gasteiger partial charge in [0.1, 0.15) is 0 Å². The number of benzene rings is 1. The fourth-order valence-corrected chi connectivity index (χ4v) is 2.67. The van der Waals surface area contributed by atoms with E-state index in [-0.39, 0.29) is 0 Å². The Morgan fingerprint density at radius 1 is 1.36 bits per heavy atom. The third-order valence-electron chi connectivity index (χ3n) is 2.75. The Labute approximate surface area is 88.0 Å². The molecular weight excluding hydrogens is 192 g/mol. The smallest absolute Gasteiger partial charge is 0.0879 e. The van der Waals surface area contributed by atoms with E-state index >= 15 is 0 Å². The molecule has 0 radical (unpaired) electrons. The summed E-state index contributed by atoms with van der Waals surface area (Å²) in [5.41, 5.74) is 0.361. The normalized spacial score (nSPS) is 15.6. The Bertz CT molecular complexity index is 442. The number of hydrogen-bond donors (Lipinski definition) is 1. The standard InChI is InChI=1S/C12H14OS/c1-3-12(2,13)10-8-14-11-7-5-4-6-9(10)11/h4-8,13H,3H2,1-2H3. The van der Waals surface area contributed by atoms with Gasteiger partial charge in [0.05, 0.1) is 5.60 Å². The molecule has 0 bridgehead atoms. The molecule has 0 aliphatic heterocycles. The highest BCUT2D eigenvalue weighted by Crippen LogP contribution is 2.34. The predicted octanol–water partition coefficient (Wildman–Crippen LogP) is 3.52. The largest absolute Gasteiger partial charge is 0.385 e. The van der Waals surface area contributed by atoms with Gasteiger partial charge in [0.25, 0.3) is 0 Å². The van der Waals surface area contributed by atoms with Crippen molar-refractivity contribution in [2.24, 2.45) is 0 Å². The van der Waals surface area contributed by atoms with E-state index in [1.165, 1.54) is 10.1 Å². The first kappa shape index (κ1) is 9.69. The molecule has 2 heteroatoms. The molecule has 14 heavy (non-hydrogen) atoms. The second-order valence-electron chi connectivity index (χ2n) is 3.77. The average molecular weight is 206 g/mol. The molecule has 0 fully saturated rings. The molecule has 0 aliphatic carbocycles. The van der Waals surface area contributed by atoms with Crippen LogP contribution in [0, 0.1) is 0 Å². The highest BCUT2D eigenvalue weighted by Gasteiger charge is 2.23. The molecule has 0 spiro atoms. The van der Waals surface area contributed by atoms with E-state index in [0.717, 1.165) is 12.0 Å². The van der Waals surface area contributed by atoms with Crippen LogP contribution in [-0.2, 0) is 5.60 Å². The van der Waals surface area contributed by atoms with Crippen LogP contribution >= 0.6 is 11.3 Å². The zero-order valence-electron chi connectivity index (χ0n) is 8.45. The van der Waals surface area contributed by atoms with Crippen molar-refractivity contribution >= 4 is 21.4 Å². The van der Waals surface area contributed by atoms with Crippen LogP contribution in [0.3, 0.4) is 0 Å². The van der Waals surface area contributed by atoms with E-state index in [9.17, 15) is 5.11 Å². The van der Waals surface area contributed by atoms with Crippen LogP contribution in [0.4, 0.5) is 0 Å². The molecule has 1 aromatic heterocycles. The molecule has 1 unspecified atom stereocenters. The molecule has 1 heterocycles. The highest BCUT2D eigenvalue weighted by atomic mass is 32.1. The average Bonchev–Trinajstić information content (AvgIpc) is 2.61. The summed E-state index contributed by atoms with van der Waals surface area (Å²) in [5, 5.41) is 13.4. The van der Waals surface area contributed by atoms with Gasteiger partial charge in [-0.15, -0.1) is 11.3 Å². The van der Waals surface area contributed by atoms with Crippen molar-refractivity contribution in [1.82, 2.24) is 0 Å². The number of rotatable bonds is 2. The Kier molecular flexibility index (Phi) is 2.33. The molecule has 0 aliphatic rings. The number of hydrogen-bond acceptors (Lipinski definition) is 2. The molecule has 0 amide bonds. The summed E-state index contributed by atoms with van der Waals surface area (Å²) in [6.07, 6.45) is 0.744. The molecule has 0 saturated heterocycles. The lowest BCUT2D eigenvalue weighted by Gasteiger charge is -2.20. The molecule has 2 aromatic rings. The van der Waals surface area contributed by atoms with Crippen molar-refractivity contribution in [3.63, 3.8) is 0 Å². The van der Waals surface area contributed by atoms with Gasteiger partial charge in [-0.1, -0.05) is 25.1 Å². The first-order valence-corrected chi connectivity index (χ1v) is 5.72. The van der Waals surface area contributed by atoms with Gasteiger partial charge in [0.2, 0.25) is 0 Å². The predicted molar refractivity (Wildman–Crippen MR) is 61.7 cm³/mol. The Balaban J connectivity index is 2.64. The SMILES string of the molecule is CCC(C)(O)c1csc2ccccc12. The van der Waals surface area contributed by atoms with E-state index in [1.807, 2.05) is 26.0 Å². The van der Waals surface area contributed by atoms with Crippen LogP contribution in [0.25, 0.3) is 10.1 Å². The maximum Gasteiger partial charge on any atom is 0.0879 e. The maximum atomic E-state index is 10.2. The van der Waals surface area contributed by atoms with Crippen LogP contribution in [0.5, 0.6) is 0 Å². The van der Waals surface area contributed by atoms with E-state index in [1.54, 1.807) is 11.3 Å². The Hall–Kier alpha value is -0.860. The summed E-state index contributed by atoms with van der Waals surface area (Å²) in [6, 6.07) is 8.22. The maximum absolute atomic E-state index is 10.2. The quantitative estimate of drug-likeness (QED) is 0.797. The van der Waals surface area contributed by atoms with Crippen molar-refractivity contribution in [3.05, 3.63) is 35.2 Å². The van der Waals surface area contributed by atoms with Crippen LogP contribution in [0.1, 0.15) is 25.8 Å². The topological polar surface area (TPSA) is 20.2 Å². The van der Waals surface area contributed by atoms with Gasteiger partial charge in [-0.05, 0) is 30.2 Å². The van der Waals surface area contributed by atoms with Gasteiger partial charge in [0.15, 0.2) is 0 Å². The molecule has 1 N–H and O–H groups in total. The van der Waals surface area contributed by atoms with Crippen molar-refractivity contribution in [2.75, 3.05) is 0 Å². The van der Waals surface area contributed by atoms with Gasteiger partial charge in [-0.25, -0.2) is 0 Å². The highest BCUT2D eigenvalue weighted by molar-refractivity contribution is 7.17. The number of thiophene rings is 1. The van der Waals surface area contributed by atoms with E-state index in [0.29, 0.717) is 0 Å². The fourth-order valence-electron chi connectivity index (χ4n) is 1.59.